The molecule has 5 heteroatoms. The summed E-state index contributed by atoms with van der Waals surface area (Å²) in [6.45, 7) is 2.80. The molecule has 18 heavy (non-hydrogen) atoms. The molecule has 0 saturated heterocycles. The third kappa shape index (κ3) is 4.26. The van der Waals surface area contributed by atoms with Gasteiger partial charge in [-0.15, -0.1) is 11.6 Å². The van der Waals surface area contributed by atoms with E-state index in [1.807, 2.05) is 25.1 Å². The number of hydrogen-bond acceptors (Lipinski definition) is 2. The summed E-state index contributed by atoms with van der Waals surface area (Å²) in [7, 11) is 3.34. The van der Waals surface area contributed by atoms with Crippen molar-refractivity contribution < 1.29 is 9.53 Å². The molecule has 1 aromatic carbocycles. The highest BCUT2D eigenvalue weighted by Crippen LogP contribution is 2.17. The van der Waals surface area contributed by atoms with E-state index in [0.717, 1.165) is 10.0 Å². The summed E-state index contributed by atoms with van der Waals surface area (Å²) in [5.41, 5.74) is 1.64. The first-order chi connectivity index (χ1) is 8.45. The molecule has 0 spiro atoms. The summed E-state index contributed by atoms with van der Waals surface area (Å²) in [5, 5.41) is -0.198. The minimum atomic E-state index is -0.198. The van der Waals surface area contributed by atoms with E-state index in [1.54, 1.807) is 19.1 Å². The Kier molecular flexibility index (Phi) is 6.12. The Bertz CT molecular complexity index is 425. The van der Waals surface area contributed by atoms with E-state index < -0.39 is 0 Å². The second-order valence-corrected chi connectivity index (χ2v) is 5.73. The van der Waals surface area contributed by atoms with Gasteiger partial charge in [-0.3, -0.25) is 4.79 Å². The van der Waals surface area contributed by atoms with Crippen LogP contribution < -0.4 is 0 Å². The van der Waals surface area contributed by atoms with Gasteiger partial charge in [-0.25, -0.2) is 0 Å². The van der Waals surface area contributed by atoms with Crippen LogP contribution in [0, 0.1) is 6.92 Å². The lowest BCUT2D eigenvalue weighted by atomic mass is 10.1. The molecule has 1 atom stereocenters. The maximum atomic E-state index is 12.3. The van der Waals surface area contributed by atoms with E-state index in [2.05, 4.69) is 15.9 Å². The zero-order valence-corrected chi connectivity index (χ0v) is 13.1. The molecular weight excluding hydrogens is 318 g/mol. The number of halogens is 2. The molecule has 0 aliphatic heterocycles. The number of hydrogen-bond donors (Lipinski definition) is 0. The van der Waals surface area contributed by atoms with Gasteiger partial charge in [0.2, 0.25) is 0 Å². The fourth-order valence-electron chi connectivity index (χ4n) is 1.64. The molecule has 0 heterocycles. The number of amides is 1. The molecule has 3 nitrogen and oxygen atoms in total. The van der Waals surface area contributed by atoms with Gasteiger partial charge in [-0.2, -0.15) is 0 Å². The standard InChI is InChI=1S/C13H17BrClNO2/c1-9-4-5-10(14)6-12(9)13(17)16(2)7-11(15)8-18-3/h4-6,11H,7-8H2,1-3H3. The van der Waals surface area contributed by atoms with Crippen molar-refractivity contribution in [2.45, 2.75) is 12.3 Å². The normalized spacial score (nSPS) is 12.3. The highest BCUT2D eigenvalue weighted by molar-refractivity contribution is 9.10. The SMILES string of the molecule is COCC(Cl)CN(C)C(=O)c1cc(Br)ccc1C. The van der Waals surface area contributed by atoms with Gasteiger partial charge in [-0.1, -0.05) is 22.0 Å². The lowest BCUT2D eigenvalue weighted by Crippen LogP contribution is -2.34. The predicted octanol–water partition coefficient (Wildman–Crippen LogP) is 3.08. The molecule has 1 aromatic rings. The summed E-state index contributed by atoms with van der Waals surface area (Å²) in [5.74, 6) is -0.0319. The average molecular weight is 335 g/mol. The molecule has 0 fully saturated rings. The number of rotatable bonds is 5. The number of aryl methyl sites for hydroxylation is 1. The van der Waals surface area contributed by atoms with Crippen molar-refractivity contribution in [3.05, 3.63) is 33.8 Å². The van der Waals surface area contributed by atoms with Crippen molar-refractivity contribution in [1.82, 2.24) is 4.90 Å². The van der Waals surface area contributed by atoms with Gasteiger partial charge in [0.05, 0.1) is 12.0 Å². The maximum Gasteiger partial charge on any atom is 0.253 e. The second-order valence-electron chi connectivity index (χ2n) is 4.20. The monoisotopic (exact) mass is 333 g/mol. The molecule has 0 bridgehead atoms. The predicted molar refractivity (Wildman–Crippen MR) is 77.4 cm³/mol. The average Bonchev–Trinajstić information content (AvgIpc) is 2.31. The van der Waals surface area contributed by atoms with Gasteiger partial charge >= 0.3 is 0 Å². The van der Waals surface area contributed by atoms with E-state index in [4.69, 9.17) is 16.3 Å². The van der Waals surface area contributed by atoms with Crippen LogP contribution in [0.25, 0.3) is 0 Å². The van der Waals surface area contributed by atoms with Gasteiger partial charge in [0, 0.05) is 30.7 Å². The topological polar surface area (TPSA) is 29.5 Å². The molecule has 0 aliphatic rings. The van der Waals surface area contributed by atoms with E-state index in [9.17, 15) is 4.79 Å². The number of methoxy groups -OCH3 is 1. The molecule has 1 rings (SSSR count). The number of ether oxygens (including phenoxy) is 1. The van der Waals surface area contributed by atoms with Crippen LogP contribution in [-0.4, -0.2) is 43.5 Å². The molecule has 0 N–H and O–H groups in total. The first-order valence-corrected chi connectivity index (χ1v) is 6.83. The minimum Gasteiger partial charge on any atom is -0.383 e. The third-order valence-electron chi connectivity index (χ3n) is 2.60. The summed E-state index contributed by atoms with van der Waals surface area (Å²) in [6, 6.07) is 5.66. The van der Waals surface area contributed by atoms with Crippen LogP contribution >= 0.6 is 27.5 Å². The maximum absolute atomic E-state index is 12.3. The summed E-state index contributed by atoms with van der Waals surface area (Å²) >= 11 is 9.42. The number of carbonyl (C=O) groups excluding carboxylic acids is 1. The number of carbonyl (C=O) groups is 1. The molecule has 0 aromatic heterocycles. The van der Waals surface area contributed by atoms with Crippen LogP contribution in [-0.2, 0) is 4.74 Å². The van der Waals surface area contributed by atoms with Crippen LogP contribution in [0.3, 0.4) is 0 Å². The van der Waals surface area contributed by atoms with Gasteiger partial charge < -0.3 is 9.64 Å². The molecule has 0 aliphatic carbocycles. The van der Waals surface area contributed by atoms with Gasteiger partial charge in [0.15, 0.2) is 0 Å². The Morgan fingerprint density at radius 2 is 2.22 bits per heavy atom. The molecule has 1 amide bonds. The van der Waals surface area contributed by atoms with Crippen molar-refractivity contribution in [3.8, 4) is 0 Å². The highest BCUT2D eigenvalue weighted by atomic mass is 79.9. The number of alkyl halides is 1. The smallest absolute Gasteiger partial charge is 0.253 e. The Labute approximate surface area is 121 Å². The van der Waals surface area contributed by atoms with Crippen molar-refractivity contribution in [2.75, 3.05) is 27.3 Å². The van der Waals surface area contributed by atoms with Gasteiger partial charge in [0.1, 0.15) is 0 Å². The van der Waals surface area contributed by atoms with E-state index in [1.165, 1.54) is 0 Å². The summed E-state index contributed by atoms with van der Waals surface area (Å²) < 4.78 is 5.85. The minimum absolute atomic E-state index is 0.0319. The van der Waals surface area contributed by atoms with Crippen molar-refractivity contribution >= 4 is 33.4 Å². The third-order valence-corrected chi connectivity index (χ3v) is 3.35. The quantitative estimate of drug-likeness (QED) is 0.775. The van der Waals surface area contributed by atoms with Crippen LogP contribution in [0.15, 0.2) is 22.7 Å². The molecular formula is C13H17BrClNO2. The summed E-state index contributed by atoms with van der Waals surface area (Å²) in [6.07, 6.45) is 0. The zero-order chi connectivity index (χ0) is 13.7. The van der Waals surface area contributed by atoms with E-state index in [0.29, 0.717) is 18.7 Å². The first-order valence-electron chi connectivity index (χ1n) is 5.60. The van der Waals surface area contributed by atoms with E-state index >= 15 is 0 Å². The van der Waals surface area contributed by atoms with Crippen LogP contribution in [0.2, 0.25) is 0 Å². The Balaban J connectivity index is 2.77. The van der Waals surface area contributed by atoms with E-state index in [-0.39, 0.29) is 11.3 Å². The van der Waals surface area contributed by atoms with Crippen LogP contribution in [0.1, 0.15) is 15.9 Å². The van der Waals surface area contributed by atoms with Gasteiger partial charge in [-0.05, 0) is 24.6 Å². The Morgan fingerprint density at radius 3 is 2.83 bits per heavy atom. The van der Waals surface area contributed by atoms with Gasteiger partial charge in [0.25, 0.3) is 5.91 Å². The lowest BCUT2D eigenvalue weighted by molar-refractivity contribution is 0.0781. The van der Waals surface area contributed by atoms with Crippen molar-refractivity contribution in [3.63, 3.8) is 0 Å². The lowest BCUT2D eigenvalue weighted by Gasteiger charge is -2.21. The Morgan fingerprint density at radius 1 is 1.56 bits per heavy atom. The first kappa shape index (κ1) is 15.5. The Hall–Kier alpha value is -0.580. The highest BCUT2D eigenvalue weighted by Gasteiger charge is 2.17. The zero-order valence-electron chi connectivity index (χ0n) is 10.7. The van der Waals surface area contributed by atoms with Crippen LogP contribution in [0.5, 0.6) is 0 Å². The van der Waals surface area contributed by atoms with Crippen molar-refractivity contribution in [1.29, 1.82) is 0 Å². The molecule has 0 radical (unpaired) electrons. The molecule has 0 saturated carbocycles. The number of benzene rings is 1. The molecule has 1 unspecified atom stereocenters. The fraction of sp³-hybridized carbons (Fsp3) is 0.462. The number of nitrogens with zero attached hydrogens (tertiary/aromatic N) is 1. The van der Waals surface area contributed by atoms with Crippen LogP contribution in [0.4, 0.5) is 0 Å². The molecule has 100 valence electrons. The van der Waals surface area contributed by atoms with Crippen molar-refractivity contribution in [2.24, 2.45) is 0 Å². The largest absolute Gasteiger partial charge is 0.383 e. The summed E-state index contributed by atoms with van der Waals surface area (Å²) in [4.78, 5) is 13.9. The second kappa shape index (κ2) is 7.12. The fourth-order valence-corrected chi connectivity index (χ4v) is 2.34.